The number of fused-ring (bicyclic) bond motifs is 3. The standard InChI is InChI=1S/C32H18N2O2/c33-18-20-5-9-22(10-6-20)24-15-25(23-11-7-21(19-34)8-12-23)17-26(16-24)27-13-14-29-28-3-1-2-4-30(28)36-32(29)31(27)35/h1-17,35H. The SMILES string of the molecule is N#Cc1ccc(-c2cc(-c3ccc(C#N)cc3)cc(-c3ccc4c(oc5ccccc54)c3O)c2)cc1. The summed E-state index contributed by atoms with van der Waals surface area (Å²) in [5.74, 6) is 0.0893. The highest BCUT2D eigenvalue weighted by atomic mass is 16.4. The number of furan rings is 1. The van der Waals surface area contributed by atoms with Crippen LogP contribution in [-0.2, 0) is 0 Å². The van der Waals surface area contributed by atoms with Crippen LogP contribution in [0.4, 0.5) is 0 Å². The molecule has 4 nitrogen and oxygen atoms in total. The van der Waals surface area contributed by atoms with Crippen LogP contribution in [0.1, 0.15) is 11.1 Å². The van der Waals surface area contributed by atoms with Gasteiger partial charge in [-0.3, -0.25) is 0 Å². The zero-order chi connectivity index (χ0) is 24.6. The Labute approximate surface area is 207 Å². The molecule has 0 aliphatic carbocycles. The number of nitrogens with zero attached hydrogens (tertiary/aromatic N) is 2. The van der Waals surface area contributed by atoms with Crippen LogP contribution in [0.5, 0.6) is 5.75 Å². The molecule has 0 unspecified atom stereocenters. The molecular weight excluding hydrogens is 444 g/mol. The number of benzene rings is 5. The maximum Gasteiger partial charge on any atom is 0.177 e. The fourth-order valence-electron chi connectivity index (χ4n) is 4.60. The molecule has 0 saturated carbocycles. The molecule has 4 heteroatoms. The van der Waals surface area contributed by atoms with Gasteiger partial charge in [-0.25, -0.2) is 0 Å². The molecule has 0 bridgehead atoms. The topological polar surface area (TPSA) is 81.0 Å². The van der Waals surface area contributed by atoms with E-state index in [2.05, 4.69) is 18.2 Å². The summed E-state index contributed by atoms with van der Waals surface area (Å²) in [6, 6.07) is 36.9. The molecule has 1 N–H and O–H groups in total. The number of aromatic hydroxyl groups is 1. The number of phenols is 1. The van der Waals surface area contributed by atoms with Gasteiger partial charge in [-0.15, -0.1) is 0 Å². The van der Waals surface area contributed by atoms with Gasteiger partial charge in [0, 0.05) is 16.3 Å². The van der Waals surface area contributed by atoms with Crippen LogP contribution in [0.25, 0.3) is 55.3 Å². The Kier molecular flexibility index (Phi) is 5.00. The summed E-state index contributed by atoms with van der Waals surface area (Å²) in [6.45, 7) is 0. The molecule has 0 spiro atoms. The van der Waals surface area contributed by atoms with Gasteiger partial charge in [0.05, 0.1) is 23.3 Å². The molecule has 5 aromatic carbocycles. The van der Waals surface area contributed by atoms with Crippen LogP contribution in [0.2, 0.25) is 0 Å². The van der Waals surface area contributed by atoms with Crippen molar-refractivity contribution in [3.8, 4) is 51.3 Å². The molecule has 0 atom stereocenters. The van der Waals surface area contributed by atoms with E-state index in [1.165, 1.54) is 0 Å². The molecule has 6 rings (SSSR count). The average Bonchev–Trinajstić information content (AvgIpc) is 3.33. The molecule has 0 aliphatic rings. The van der Waals surface area contributed by atoms with E-state index in [0.29, 0.717) is 22.3 Å². The lowest BCUT2D eigenvalue weighted by Gasteiger charge is -2.12. The Balaban J connectivity index is 1.57. The Bertz CT molecular complexity index is 1770. The lowest BCUT2D eigenvalue weighted by atomic mass is 9.92. The third-order valence-corrected chi connectivity index (χ3v) is 6.46. The van der Waals surface area contributed by atoms with E-state index >= 15 is 0 Å². The first-order valence-corrected chi connectivity index (χ1v) is 11.4. The van der Waals surface area contributed by atoms with E-state index in [-0.39, 0.29) is 5.75 Å². The number of rotatable bonds is 3. The minimum absolute atomic E-state index is 0.0893. The zero-order valence-electron chi connectivity index (χ0n) is 19.1. The normalized spacial score (nSPS) is 10.8. The first kappa shape index (κ1) is 21.2. The van der Waals surface area contributed by atoms with Crippen molar-refractivity contribution in [1.29, 1.82) is 10.5 Å². The predicted molar refractivity (Wildman–Crippen MR) is 141 cm³/mol. The average molecular weight is 463 g/mol. The summed E-state index contributed by atoms with van der Waals surface area (Å²) in [5, 5.41) is 31.5. The van der Waals surface area contributed by atoms with Crippen LogP contribution in [0.15, 0.2) is 108 Å². The minimum atomic E-state index is 0.0893. The van der Waals surface area contributed by atoms with Crippen LogP contribution in [0.3, 0.4) is 0 Å². The summed E-state index contributed by atoms with van der Waals surface area (Å²) in [5.41, 5.74) is 7.65. The first-order chi connectivity index (χ1) is 17.6. The van der Waals surface area contributed by atoms with Gasteiger partial charge in [-0.05, 0) is 88.5 Å². The molecule has 36 heavy (non-hydrogen) atoms. The molecule has 6 aromatic rings. The van der Waals surface area contributed by atoms with Gasteiger partial charge in [0.25, 0.3) is 0 Å². The second kappa shape index (κ2) is 8.47. The van der Waals surface area contributed by atoms with Crippen LogP contribution in [-0.4, -0.2) is 5.11 Å². The van der Waals surface area contributed by atoms with E-state index in [1.807, 2.05) is 72.8 Å². The number of hydrogen-bond donors (Lipinski definition) is 1. The summed E-state index contributed by atoms with van der Waals surface area (Å²) < 4.78 is 6.01. The lowest BCUT2D eigenvalue weighted by Crippen LogP contribution is -1.88. The molecule has 0 amide bonds. The Morgan fingerprint density at radius 3 is 1.69 bits per heavy atom. The molecule has 168 valence electrons. The molecular formula is C32H18N2O2. The van der Waals surface area contributed by atoms with E-state index in [9.17, 15) is 15.6 Å². The van der Waals surface area contributed by atoms with Crippen LogP contribution in [0, 0.1) is 22.7 Å². The molecule has 1 heterocycles. The Hall–Kier alpha value is -5.32. The van der Waals surface area contributed by atoms with Gasteiger partial charge >= 0.3 is 0 Å². The van der Waals surface area contributed by atoms with E-state index in [0.717, 1.165) is 44.2 Å². The van der Waals surface area contributed by atoms with Crippen molar-refractivity contribution in [3.63, 3.8) is 0 Å². The van der Waals surface area contributed by atoms with Gasteiger partial charge in [-0.2, -0.15) is 10.5 Å². The molecule has 0 aliphatic heterocycles. The third-order valence-electron chi connectivity index (χ3n) is 6.46. The fourth-order valence-corrected chi connectivity index (χ4v) is 4.60. The summed E-state index contributed by atoms with van der Waals surface area (Å²) in [6.07, 6.45) is 0. The highest BCUT2D eigenvalue weighted by Crippen LogP contribution is 2.42. The van der Waals surface area contributed by atoms with Crippen molar-refractivity contribution in [2.75, 3.05) is 0 Å². The lowest BCUT2D eigenvalue weighted by molar-refractivity contribution is 0.470. The van der Waals surface area contributed by atoms with Gasteiger partial charge in [0.15, 0.2) is 11.3 Å². The van der Waals surface area contributed by atoms with Gasteiger partial charge in [-0.1, -0.05) is 42.5 Å². The molecule has 0 fully saturated rings. The second-order valence-corrected chi connectivity index (χ2v) is 8.61. The largest absolute Gasteiger partial charge is 0.504 e. The number of phenolic OH excluding ortho intramolecular Hbond substituents is 1. The molecule has 0 saturated heterocycles. The maximum absolute atomic E-state index is 11.3. The summed E-state index contributed by atoms with van der Waals surface area (Å²) in [4.78, 5) is 0. The Morgan fingerprint density at radius 1 is 0.556 bits per heavy atom. The molecule has 1 aromatic heterocycles. The van der Waals surface area contributed by atoms with Gasteiger partial charge < -0.3 is 9.52 Å². The van der Waals surface area contributed by atoms with Crippen molar-refractivity contribution in [2.45, 2.75) is 0 Å². The van der Waals surface area contributed by atoms with Crippen molar-refractivity contribution in [2.24, 2.45) is 0 Å². The summed E-state index contributed by atoms with van der Waals surface area (Å²) >= 11 is 0. The number of para-hydroxylation sites is 1. The van der Waals surface area contributed by atoms with Crippen molar-refractivity contribution >= 4 is 21.9 Å². The minimum Gasteiger partial charge on any atom is -0.504 e. The van der Waals surface area contributed by atoms with Crippen LogP contribution < -0.4 is 0 Å². The number of hydrogen-bond acceptors (Lipinski definition) is 4. The highest BCUT2D eigenvalue weighted by molar-refractivity contribution is 6.08. The quantitative estimate of drug-likeness (QED) is 0.289. The predicted octanol–water partition coefficient (Wildman–Crippen LogP) is 8.04. The third kappa shape index (κ3) is 3.55. The fraction of sp³-hybridized carbons (Fsp3) is 0. The summed E-state index contributed by atoms with van der Waals surface area (Å²) in [7, 11) is 0. The zero-order valence-corrected chi connectivity index (χ0v) is 19.1. The van der Waals surface area contributed by atoms with E-state index < -0.39 is 0 Å². The number of nitriles is 2. The van der Waals surface area contributed by atoms with Crippen molar-refractivity contribution in [1.82, 2.24) is 0 Å². The Morgan fingerprint density at radius 2 is 1.11 bits per heavy atom. The second-order valence-electron chi connectivity index (χ2n) is 8.61. The molecule has 0 radical (unpaired) electrons. The van der Waals surface area contributed by atoms with E-state index in [4.69, 9.17) is 4.42 Å². The van der Waals surface area contributed by atoms with Crippen LogP contribution >= 0.6 is 0 Å². The first-order valence-electron chi connectivity index (χ1n) is 11.4. The van der Waals surface area contributed by atoms with E-state index in [1.54, 1.807) is 24.3 Å². The van der Waals surface area contributed by atoms with Crippen molar-refractivity contribution in [3.05, 3.63) is 114 Å². The highest BCUT2D eigenvalue weighted by Gasteiger charge is 2.16. The van der Waals surface area contributed by atoms with Crippen molar-refractivity contribution < 1.29 is 9.52 Å². The maximum atomic E-state index is 11.3. The van der Waals surface area contributed by atoms with Gasteiger partial charge in [0.2, 0.25) is 0 Å². The van der Waals surface area contributed by atoms with Gasteiger partial charge in [0.1, 0.15) is 5.58 Å². The smallest absolute Gasteiger partial charge is 0.177 e. The monoisotopic (exact) mass is 462 g/mol.